The second-order valence-electron chi connectivity index (χ2n) is 8.62. The lowest BCUT2D eigenvalue weighted by atomic mass is 10.0. The van der Waals surface area contributed by atoms with E-state index in [4.69, 9.17) is 4.74 Å². The van der Waals surface area contributed by atoms with E-state index in [0.29, 0.717) is 16.9 Å². The Hall–Kier alpha value is -5.04. The molecule has 0 aromatic heterocycles. The number of nitrogens with zero attached hydrogens (tertiary/aromatic N) is 1. The highest BCUT2D eigenvalue weighted by molar-refractivity contribution is 6.08. The lowest BCUT2D eigenvalue weighted by Gasteiger charge is -2.12. The third kappa shape index (κ3) is 5.68. The first-order chi connectivity index (χ1) is 18.6. The third-order valence-corrected chi connectivity index (χ3v) is 6.06. The predicted molar refractivity (Wildman–Crippen MR) is 147 cm³/mol. The zero-order chi connectivity index (χ0) is 26.3. The summed E-state index contributed by atoms with van der Waals surface area (Å²) in [5, 5.41) is 10.4. The van der Waals surface area contributed by atoms with Crippen LogP contribution in [0.3, 0.4) is 0 Å². The summed E-state index contributed by atoms with van der Waals surface area (Å²) in [6.07, 6.45) is 1.52. The van der Waals surface area contributed by atoms with Crippen molar-refractivity contribution in [2.75, 3.05) is 6.54 Å². The fourth-order valence-electron chi connectivity index (χ4n) is 4.16. The summed E-state index contributed by atoms with van der Waals surface area (Å²) in [7, 11) is 0. The van der Waals surface area contributed by atoms with Crippen molar-refractivity contribution in [2.45, 2.75) is 6.61 Å². The molecule has 188 valence electrons. The maximum absolute atomic E-state index is 13.2. The van der Waals surface area contributed by atoms with Gasteiger partial charge in [0.1, 0.15) is 18.2 Å². The Kier molecular flexibility index (Phi) is 7.36. The van der Waals surface area contributed by atoms with Crippen molar-refractivity contribution in [1.82, 2.24) is 10.7 Å². The molecule has 2 amide bonds. The van der Waals surface area contributed by atoms with Crippen molar-refractivity contribution in [3.8, 4) is 5.75 Å². The SMILES string of the molecule is O=C(CNC(=O)c1cccc2ccccc12)N/N=C/c1c(OCc2ccc(F)cc2)ccc2ccccc12. The molecule has 0 aliphatic heterocycles. The van der Waals surface area contributed by atoms with Gasteiger partial charge in [-0.15, -0.1) is 0 Å². The lowest BCUT2D eigenvalue weighted by Crippen LogP contribution is -2.35. The number of nitrogens with one attached hydrogen (secondary N) is 2. The van der Waals surface area contributed by atoms with Gasteiger partial charge in [0.15, 0.2) is 0 Å². The van der Waals surface area contributed by atoms with E-state index in [2.05, 4.69) is 15.8 Å². The smallest absolute Gasteiger partial charge is 0.259 e. The van der Waals surface area contributed by atoms with Gasteiger partial charge in [-0.2, -0.15) is 5.10 Å². The molecule has 0 radical (unpaired) electrons. The van der Waals surface area contributed by atoms with Crippen molar-refractivity contribution >= 4 is 39.6 Å². The van der Waals surface area contributed by atoms with Crippen LogP contribution in [0.4, 0.5) is 4.39 Å². The quantitative estimate of drug-likeness (QED) is 0.213. The highest BCUT2D eigenvalue weighted by Gasteiger charge is 2.12. The third-order valence-electron chi connectivity index (χ3n) is 6.06. The van der Waals surface area contributed by atoms with E-state index >= 15 is 0 Å². The minimum absolute atomic E-state index is 0.233. The topological polar surface area (TPSA) is 79.8 Å². The minimum atomic E-state index is -0.469. The van der Waals surface area contributed by atoms with E-state index in [9.17, 15) is 14.0 Å². The normalized spacial score (nSPS) is 11.1. The maximum Gasteiger partial charge on any atom is 0.259 e. The molecule has 0 spiro atoms. The molecule has 5 rings (SSSR count). The fraction of sp³-hybridized carbons (Fsp3) is 0.0645. The Morgan fingerprint density at radius 2 is 1.47 bits per heavy atom. The van der Waals surface area contributed by atoms with E-state index in [1.165, 1.54) is 18.3 Å². The summed E-state index contributed by atoms with van der Waals surface area (Å²) in [6.45, 7) is 0.00880. The summed E-state index contributed by atoms with van der Waals surface area (Å²) in [6, 6.07) is 30.6. The van der Waals surface area contributed by atoms with Gasteiger partial charge in [-0.05, 0) is 51.4 Å². The van der Waals surface area contributed by atoms with E-state index in [1.807, 2.05) is 72.8 Å². The van der Waals surface area contributed by atoms with Crippen molar-refractivity contribution < 1.29 is 18.7 Å². The first kappa shape index (κ1) is 24.6. The van der Waals surface area contributed by atoms with Crippen molar-refractivity contribution in [1.29, 1.82) is 0 Å². The summed E-state index contributed by atoms with van der Waals surface area (Å²) >= 11 is 0. The largest absolute Gasteiger partial charge is 0.488 e. The van der Waals surface area contributed by atoms with Crippen molar-refractivity contribution in [3.05, 3.63) is 126 Å². The molecule has 38 heavy (non-hydrogen) atoms. The second kappa shape index (κ2) is 11.3. The number of amides is 2. The van der Waals surface area contributed by atoms with Gasteiger partial charge in [0, 0.05) is 11.1 Å². The predicted octanol–water partition coefficient (Wildman–Crippen LogP) is 5.59. The fourth-order valence-corrected chi connectivity index (χ4v) is 4.16. The molecule has 2 N–H and O–H groups in total. The molecule has 0 atom stereocenters. The molecule has 0 unspecified atom stereocenters. The second-order valence-corrected chi connectivity index (χ2v) is 8.62. The van der Waals surface area contributed by atoms with Crippen LogP contribution in [0.2, 0.25) is 0 Å². The highest BCUT2D eigenvalue weighted by atomic mass is 19.1. The number of carbonyl (C=O) groups is 2. The average molecular weight is 506 g/mol. The van der Waals surface area contributed by atoms with Crippen LogP contribution >= 0.6 is 0 Å². The van der Waals surface area contributed by atoms with Crippen molar-refractivity contribution in [2.24, 2.45) is 5.10 Å². The van der Waals surface area contributed by atoms with Gasteiger partial charge < -0.3 is 10.1 Å². The van der Waals surface area contributed by atoms with E-state index in [1.54, 1.807) is 18.2 Å². The molecule has 5 aromatic carbocycles. The van der Waals surface area contributed by atoms with Crippen LogP contribution in [0.5, 0.6) is 5.75 Å². The molecule has 0 aliphatic carbocycles. The van der Waals surface area contributed by atoms with Gasteiger partial charge in [-0.25, -0.2) is 9.82 Å². The van der Waals surface area contributed by atoms with Crippen LogP contribution in [-0.4, -0.2) is 24.6 Å². The number of hydrogen-bond acceptors (Lipinski definition) is 4. The van der Waals surface area contributed by atoms with E-state index in [-0.39, 0.29) is 24.9 Å². The van der Waals surface area contributed by atoms with E-state index < -0.39 is 5.91 Å². The number of ether oxygens (including phenoxy) is 1. The summed E-state index contributed by atoms with van der Waals surface area (Å²) < 4.78 is 19.2. The monoisotopic (exact) mass is 505 g/mol. The molecule has 7 heteroatoms. The van der Waals surface area contributed by atoms with Gasteiger partial charge in [0.05, 0.1) is 12.8 Å². The zero-order valence-corrected chi connectivity index (χ0v) is 20.4. The molecule has 6 nitrogen and oxygen atoms in total. The zero-order valence-electron chi connectivity index (χ0n) is 20.4. The van der Waals surface area contributed by atoms with Crippen LogP contribution in [0.25, 0.3) is 21.5 Å². The average Bonchev–Trinajstić information content (AvgIpc) is 2.95. The number of hydrogen-bond donors (Lipinski definition) is 2. The van der Waals surface area contributed by atoms with Crippen molar-refractivity contribution in [3.63, 3.8) is 0 Å². The molecular formula is C31H24FN3O3. The molecule has 5 aromatic rings. The molecule has 0 bridgehead atoms. The molecule has 0 saturated heterocycles. The standard InChI is InChI=1S/C31H24FN3O3/c32-24-15-12-21(13-16-24)20-38-29-17-14-23-7-2-4-10-26(23)28(29)18-34-35-30(36)19-33-31(37)27-11-5-8-22-6-1-3-9-25(22)27/h1-18H,19-20H2,(H,33,37)(H,35,36)/b34-18+. The van der Waals surface area contributed by atoms with Gasteiger partial charge in [-0.1, -0.05) is 78.9 Å². The van der Waals surface area contributed by atoms with Crippen LogP contribution in [0.1, 0.15) is 21.5 Å². The van der Waals surface area contributed by atoms with Crippen LogP contribution < -0.4 is 15.5 Å². The van der Waals surface area contributed by atoms with Gasteiger partial charge >= 0.3 is 0 Å². The number of hydrazone groups is 1. The van der Waals surface area contributed by atoms with E-state index in [0.717, 1.165) is 27.1 Å². The molecule has 0 fully saturated rings. The number of rotatable bonds is 8. The van der Waals surface area contributed by atoms with Crippen LogP contribution in [-0.2, 0) is 11.4 Å². The molecule has 0 aliphatic rings. The Balaban J connectivity index is 1.26. The first-order valence-corrected chi connectivity index (χ1v) is 12.1. The Bertz CT molecular complexity index is 1640. The molecule has 0 saturated carbocycles. The van der Waals surface area contributed by atoms with Gasteiger partial charge in [0.25, 0.3) is 11.8 Å². The number of benzene rings is 5. The highest BCUT2D eigenvalue weighted by Crippen LogP contribution is 2.27. The summed E-state index contributed by atoms with van der Waals surface area (Å²) in [5.74, 6) is -0.554. The van der Waals surface area contributed by atoms with Crippen LogP contribution in [0, 0.1) is 5.82 Å². The van der Waals surface area contributed by atoms with Crippen LogP contribution in [0.15, 0.2) is 108 Å². The Labute approximate surface area is 218 Å². The number of halogens is 1. The molecular weight excluding hydrogens is 481 g/mol. The number of carbonyl (C=O) groups excluding carboxylic acids is 2. The maximum atomic E-state index is 13.2. The first-order valence-electron chi connectivity index (χ1n) is 12.1. The summed E-state index contributed by atoms with van der Waals surface area (Å²) in [5.41, 5.74) is 4.47. The van der Waals surface area contributed by atoms with Gasteiger partial charge in [-0.3, -0.25) is 9.59 Å². The minimum Gasteiger partial charge on any atom is -0.488 e. The summed E-state index contributed by atoms with van der Waals surface area (Å²) in [4.78, 5) is 25.1. The Morgan fingerprint density at radius 1 is 0.789 bits per heavy atom. The molecule has 0 heterocycles. The lowest BCUT2D eigenvalue weighted by molar-refractivity contribution is -0.120. The Morgan fingerprint density at radius 3 is 2.26 bits per heavy atom. The van der Waals surface area contributed by atoms with Gasteiger partial charge in [0.2, 0.25) is 0 Å². The number of fused-ring (bicyclic) bond motifs is 2.